The van der Waals surface area contributed by atoms with Crippen LogP contribution < -0.4 is 10.6 Å². The molecule has 0 spiro atoms. The number of carbonyl (C=O) groups is 3. The highest BCUT2D eigenvalue weighted by atomic mass is 28.3. The maximum absolute atomic E-state index is 12.7. The molecule has 7 heteroatoms. The monoisotopic (exact) mass is 416 g/mol. The van der Waals surface area contributed by atoms with Crippen molar-refractivity contribution < 1.29 is 19.5 Å². The summed E-state index contributed by atoms with van der Waals surface area (Å²) in [6.45, 7) is 12.0. The standard InChI is InChI=1S/C22H32N2O4Si/c1-16(25)23-19(15-17-11-8-7-9-12-17)20(26)24-18(21(27)28)13-10-14-29(5,6)22(2,3)4/h7-9,11-12,18-19H,13,15H2,1-6H3,(H,23,25)(H,24,26)(H,27,28)/t18-,19-/m1/s1. The van der Waals surface area contributed by atoms with Crippen LogP contribution in [0, 0.1) is 11.5 Å². The molecule has 0 aromatic heterocycles. The van der Waals surface area contributed by atoms with E-state index in [1.165, 1.54) is 6.92 Å². The molecule has 0 saturated carbocycles. The van der Waals surface area contributed by atoms with Crippen molar-refractivity contribution in [3.05, 3.63) is 35.9 Å². The molecule has 29 heavy (non-hydrogen) atoms. The number of carboxylic acids is 1. The molecule has 0 unspecified atom stereocenters. The second kappa shape index (κ2) is 10.3. The molecule has 0 aliphatic heterocycles. The minimum atomic E-state index is -1.86. The Labute approximate surface area is 174 Å². The summed E-state index contributed by atoms with van der Waals surface area (Å²) >= 11 is 0. The van der Waals surface area contributed by atoms with Gasteiger partial charge in [0.05, 0.1) is 0 Å². The summed E-state index contributed by atoms with van der Waals surface area (Å²) in [5, 5.41) is 14.7. The third-order valence-corrected chi connectivity index (χ3v) is 9.73. The number of carbonyl (C=O) groups excluding carboxylic acids is 2. The normalized spacial score (nSPS) is 13.4. The van der Waals surface area contributed by atoms with Gasteiger partial charge in [-0.25, -0.2) is 4.79 Å². The lowest BCUT2D eigenvalue weighted by atomic mass is 10.0. The van der Waals surface area contributed by atoms with Gasteiger partial charge in [0.15, 0.2) is 0 Å². The maximum Gasteiger partial charge on any atom is 0.327 e. The Bertz CT molecular complexity index is 789. The Balaban J connectivity index is 2.90. The largest absolute Gasteiger partial charge is 0.480 e. The Morgan fingerprint density at radius 2 is 1.66 bits per heavy atom. The van der Waals surface area contributed by atoms with Crippen molar-refractivity contribution in [2.45, 2.75) is 70.8 Å². The molecule has 0 fully saturated rings. The number of hydrogen-bond acceptors (Lipinski definition) is 3. The third-order valence-electron chi connectivity index (χ3n) is 5.17. The van der Waals surface area contributed by atoms with Crippen LogP contribution in [-0.2, 0) is 20.8 Å². The summed E-state index contributed by atoms with van der Waals surface area (Å²) in [7, 11) is -1.86. The summed E-state index contributed by atoms with van der Waals surface area (Å²) < 4.78 is 0. The van der Waals surface area contributed by atoms with E-state index in [9.17, 15) is 19.5 Å². The van der Waals surface area contributed by atoms with Crippen molar-refractivity contribution in [3.8, 4) is 11.5 Å². The summed E-state index contributed by atoms with van der Waals surface area (Å²) in [6.07, 6.45) is 0.292. The van der Waals surface area contributed by atoms with Gasteiger partial charge in [-0.2, -0.15) is 0 Å². The second-order valence-corrected chi connectivity index (χ2v) is 13.7. The van der Waals surface area contributed by atoms with Crippen LogP contribution in [0.15, 0.2) is 30.3 Å². The average molecular weight is 417 g/mol. The van der Waals surface area contributed by atoms with Gasteiger partial charge in [0, 0.05) is 19.8 Å². The quantitative estimate of drug-likeness (QED) is 0.470. The van der Waals surface area contributed by atoms with Crippen LogP contribution in [0.4, 0.5) is 0 Å². The lowest BCUT2D eigenvalue weighted by molar-refractivity contribution is -0.142. The predicted octanol–water partition coefficient (Wildman–Crippen LogP) is 2.74. The van der Waals surface area contributed by atoms with E-state index < -0.39 is 32.0 Å². The number of nitrogens with one attached hydrogen (secondary N) is 2. The minimum absolute atomic E-state index is 0.0196. The molecule has 3 N–H and O–H groups in total. The molecule has 0 radical (unpaired) electrons. The Hall–Kier alpha value is -2.59. The maximum atomic E-state index is 12.7. The Morgan fingerprint density at radius 1 is 1.07 bits per heavy atom. The highest BCUT2D eigenvalue weighted by molar-refractivity contribution is 6.87. The summed E-state index contributed by atoms with van der Waals surface area (Å²) in [6, 6.07) is 7.25. The predicted molar refractivity (Wildman–Crippen MR) is 117 cm³/mol. The van der Waals surface area contributed by atoms with Crippen LogP contribution in [0.5, 0.6) is 0 Å². The Morgan fingerprint density at radius 3 is 2.14 bits per heavy atom. The van der Waals surface area contributed by atoms with Crippen molar-refractivity contribution in [2.24, 2.45) is 0 Å². The van der Waals surface area contributed by atoms with Gasteiger partial charge in [-0.1, -0.05) is 64.2 Å². The first-order valence-electron chi connectivity index (χ1n) is 9.67. The van der Waals surface area contributed by atoms with E-state index in [1.54, 1.807) is 0 Å². The van der Waals surface area contributed by atoms with Crippen molar-refractivity contribution >= 4 is 25.9 Å². The van der Waals surface area contributed by atoms with Crippen LogP contribution in [0.2, 0.25) is 18.1 Å². The van der Waals surface area contributed by atoms with E-state index in [2.05, 4.69) is 56.0 Å². The molecule has 2 amide bonds. The van der Waals surface area contributed by atoms with Gasteiger partial charge >= 0.3 is 5.97 Å². The first-order valence-corrected chi connectivity index (χ1v) is 12.7. The number of carboxylic acid groups (broad SMARTS) is 1. The Kier molecular flexibility index (Phi) is 8.65. The number of aliphatic carboxylic acids is 1. The fourth-order valence-electron chi connectivity index (χ4n) is 2.34. The molecular formula is C22H32N2O4Si. The first kappa shape index (κ1) is 24.4. The van der Waals surface area contributed by atoms with Gasteiger partial charge in [-0.05, 0) is 10.6 Å². The summed E-state index contributed by atoms with van der Waals surface area (Å²) in [4.78, 5) is 35.8. The molecule has 1 rings (SSSR count). The lowest BCUT2D eigenvalue weighted by Crippen LogP contribution is -2.52. The molecule has 2 atom stereocenters. The zero-order valence-corrected chi connectivity index (χ0v) is 19.1. The smallest absolute Gasteiger partial charge is 0.327 e. The van der Waals surface area contributed by atoms with E-state index in [0.717, 1.165) is 5.56 Å². The molecule has 0 aliphatic carbocycles. The molecular weight excluding hydrogens is 384 g/mol. The SMILES string of the molecule is CC(=O)N[C@H](Cc1ccccc1)C(=O)N[C@H](CC#C[Si](C)(C)C(C)(C)C)C(=O)O. The minimum Gasteiger partial charge on any atom is -0.480 e. The van der Waals surface area contributed by atoms with Gasteiger partial charge in [-0.15, -0.1) is 11.5 Å². The van der Waals surface area contributed by atoms with Crippen molar-refractivity contribution in [1.29, 1.82) is 0 Å². The zero-order valence-electron chi connectivity index (χ0n) is 18.1. The van der Waals surface area contributed by atoms with Crippen LogP contribution in [0.3, 0.4) is 0 Å². The lowest BCUT2D eigenvalue weighted by Gasteiger charge is -2.31. The highest BCUT2D eigenvalue weighted by Gasteiger charge is 2.34. The van der Waals surface area contributed by atoms with Crippen molar-refractivity contribution in [3.63, 3.8) is 0 Å². The number of rotatable bonds is 7. The van der Waals surface area contributed by atoms with Gasteiger partial charge in [-0.3, -0.25) is 9.59 Å². The van der Waals surface area contributed by atoms with E-state index in [-0.39, 0.29) is 23.8 Å². The first-order chi connectivity index (χ1) is 13.3. The molecule has 0 aliphatic rings. The molecule has 1 aromatic carbocycles. The van der Waals surface area contributed by atoms with Crippen LogP contribution in [-0.4, -0.2) is 43.0 Å². The second-order valence-electron chi connectivity index (χ2n) is 8.72. The van der Waals surface area contributed by atoms with Crippen molar-refractivity contribution in [2.75, 3.05) is 0 Å². The number of amides is 2. The van der Waals surface area contributed by atoms with Gasteiger partial charge < -0.3 is 15.7 Å². The van der Waals surface area contributed by atoms with E-state index in [1.807, 2.05) is 30.3 Å². The molecule has 158 valence electrons. The fourth-order valence-corrected chi connectivity index (χ4v) is 3.26. The summed E-state index contributed by atoms with van der Waals surface area (Å²) in [5.41, 5.74) is 4.13. The summed E-state index contributed by atoms with van der Waals surface area (Å²) in [5.74, 6) is 0.936. The molecule has 0 heterocycles. The number of benzene rings is 1. The number of hydrogen-bond donors (Lipinski definition) is 3. The molecule has 1 aromatic rings. The van der Waals surface area contributed by atoms with E-state index in [0.29, 0.717) is 0 Å². The van der Waals surface area contributed by atoms with Crippen LogP contribution in [0.25, 0.3) is 0 Å². The fraction of sp³-hybridized carbons (Fsp3) is 0.500. The molecule has 6 nitrogen and oxygen atoms in total. The molecule has 0 saturated heterocycles. The van der Waals surface area contributed by atoms with Crippen molar-refractivity contribution in [1.82, 2.24) is 10.6 Å². The third kappa shape index (κ3) is 8.12. The van der Waals surface area contributed by atoms with Gasteiger partial charge in [0.1, 0.15) is 20.2 Å². The van der Waals surface area contributed by atoms with E-state index >= 15 is 0 Å². The molecule has 0 bridgehead atoms. The van der Waals surface area contributed by atoms with Gasteiger partial charge in [0.2, 0.25) is 11.8 Å². The van der Waals surface area contributed by atoms with Gasteiger partial charge in [0.25, 0.3) is 0 Å². The van der Waals surface area contributed by atoms with Crippen LogP contribution in [0.1, 0.15) is 39.7 Å². The average Bonchev–Trinajstić information content (AvgIpc) is 2.59. The zero-order chi connectivity index (χ0) is 22.2. The topological polar surface area (TPSA) is 95.5 Å². The van der Waals surface area contributed by atoms with Crippen LogP contribution >= 0.6 is 0 Å². The highest BCUT2D eigenvalue weighted by Crippen LogP contribution is 2.35. The van der Waals surface area contributed by atoms with E-state index in [4.69, 9.17) is 0 Å².